The van der Waals surface area contributed by atoms with Gasteiger partial charge in [-0.25, -0.2) is 19.2 Å². The predicted octanol–water partition coefficient (Wildman–Crippen LogP) is 0.167. The molecule has 1 atom stereocenters. The van der Waals surface area contributed by atoms with Gasteiger partial charge in [-0.15, -0.1) is 0 Å². The summed E-state index contributed by atoms with van der Waals surface area (Å²) in [5, 5.41) is 0. The molecule has 8 heteroatoms. The fraction of sp³-hybridized carbons (Fsp3) is 0.545. The van der Waals surface area contributed by atoms with Gasteiger partial charge in [0.05, 0.1) is 12.7 Å². The molecule has 2 heterocycles. The third kappa shape index (κ3) is 3.03. The van der Waals surface area contributed by atoms with Crippen LogP contribution in [0.1, 0.15) is 13.3 Å². The van der Waals surface area contributed by atoms with Crippen molar-refractivity contribution in [1.29, 1.82) is 0 Å². The molecule has 0 spiro atoms. The van der Waals surface area contributed by atoms with E-state index in [1.807, 2.05) is 6.92 Å². The number of hydrazine groups is 1. The number of anilines is 1. The minimum atomic E-state index is -3.51. The summed E-state index contributed by atoms with van der Waals surface area (Å²) >= 11 is 0. The van der Waals surface area contributed by atoms with Gasteiger partial charge in [-0.05, 0) is 18.6 Å². The Morgan fingerprint density at radius 1 is 1.58 bits per heavy atom. The molecule has 106 valence electrons. The van der Waals surface area contributed by atoms with Gasteiger partial charge in [0.15, 0.2) is 0 Å². The Bertz CT molecular complexity index is 517. The Hall–Kier alpha value is -1.22. The Morgan fingerprint density at radius 2 is 2.37 bits per heavy atom. The minimum absolute atomic E-state index is 0.0403. The number of nitrogens with one attached hydrogen (secondary N) is 1. The average Bonchev–Trinajstić information content (AvgIpc) is 2.47. The summed E-state index contributed by atoms with van der Waals surface area (Å²) in [6, 6.07) is 3.03. The molecule has 0 aliphatic carbocycles. The first-order valence-corrected chi connectivity index (χ1v) is 7.56. The van der Waals surface area contributed by atoms with Gasteiger partial charge in [0, 0.05) is 19.3 Å². The zero-order valence-corrected chi connectivity index (χ0v) is 11.6. The molecule has 1 aromatic rings. The van der Waals surface area contributed by atoms with Crippen molar-refractivity contribution in [3.63, 3.8) is 0 Å². The quantitative estimate of drug-likeness (QED) is 0.605. The number of nitrogen functional groups attached to an aromatic ring is 1. The van der Waals surface area contributed by atoms with Crippen molar-refractivity contribution in [2.45, 2.75) is 24.3 Å². The Kier molecular flexibility index (Phi) is 4.35. The number of hydrogen-bond donors (Lipinski definition) is 2. The van der Waals surface area contributed by atoms with E-state index in [2.05, 4.69) is 10.4 Å². The van der Waals surface area contributed by atoms with Crippen LogP contribution in [0.25, 0.3) is 0 Å². The molecular formula is C11H18N4O3S. The first kappa shape index (κ1) is 14.2. The van der Waals surface area contributed by atoms with E-state index in [-0.39, 0.29) is 11.0 Å². The molecule has 1 aliphatic heterocycles. The highest BCUT2D eigenvalue weighted by Gasteiger charge is 2.30. The minimum Gasteiger partial charge on any atom is -0.375 e. The molecule has 1 saturated heterocycles. The number of hydrogen-bond acceptors (Lipinski definition) is 6. The van der Waals surface area contributed by atoms with Gasteiger partial charge in [0.25, 0.3) is 0 Å². The van der Waals surface area contributed by atoms with Gasteiger partial charge in [0.2, 0.25) is 10.0 Å². The molecule has 3 N–H and O–H groups in total. The summed E-state index contributed by atoms with van der Waals surface area (Å²) in [5.74, 6) is 5.62. The lowest BCUT2D eigenvalue weighted by atomic mass is 10.2. The Morgan fingerprint density at radius 3 is 2.95 bits per heavy atom. The maximum Gasteiger partial charge on any atom is 0.244 e. The topological polar surface area (TPSA) is 97.6 Å². The highest BCUT2D eigenvalue weighted by molar-refractivity contribution is 7.89. The standard InChI is InChI=1S/C11H18N4O3S/c1-2-9-8-15(5-6-18-9)19(16,17)10-3-4-11(14-12)13-7-10/h3-4,7,9H,2,5-6,8,12H2,1H3,(H,13,14). The summed E-state index contributed by atoms with van der Waals surface area (Å²) in [6.45, 7) is 3.16. The fourth-order valence-corrected chi connectivity index (χ4v) is 3.33. The van der Waals surface area contributed by atoms with Crippen LogP contribution in [0.3, 0.4) is 0 Å². The number of pyridine rings is 1. The summed E-state index contributed by atoms with van der Waals surface area (Å²) in [5.41, 5.74) is 2.36. The third-order valence-corrected chi connectivity index (χ3v) is 4.93. The van der Waals surface area contributed by atoms with Crippen LogP contribution in [0.4, 0.5) is 5.82 Å². The van der Waals surface area contributed by atoms with Crippen molar-refractivity contribution < 1.29 is 13.2 Å². The van der Waals surface area contributed by atoms with Crippen LogP contribution < -0.4 is 11.3 Å². The smallest absolute Gasteiger partial charge is 0.244 e. The lowest BCUT2D eigenvalue weighted by Gasteiger charge is -2.31. The number of sulfonamides is 1. The molecule has 1 fully saturated rings. The molecule has 0 bridgehead atoms. The summed E-state index contributed by atoms with van der Waals surface area (Å²) < 4.78 is 31.8. The van der Waals surface area contributed by atoms with E-state index in [4.69, 9.17) is 10.6 Å². The van der Waals surface area contributed by atoms with Crippen molar-refractivity contribution >= 4 is 15.8 Å². The van der Waals surface area contributed by atoms with Crippen molar-refractivity contribution in [2.75, 3.05) is 25.1 Å². The maximum atomic E-state index is 12.4. The predicted molar refractivity (Wildman–Crippen MR) is 70.8 cm³/mol. The molecule has 0 radical (unpaired) electrons. The van der Waals surface area contributed by atoms with Crippen LogP contribution in [0.2, 0.25) is 0 Å². The fourth-order valence-electron chi connectivity index (χ4n) is 1.92. The maximum absolute atomic E-state index is 12.4. The van der Waals surface area contributed by atoms with Crippen LogP contribution in [-0.4, -0.2) is 43.5 Å². The number of aromatic nitrogens is 1. The molecule has 1 aliphatic rings. The molecule has 0 aromatic carbocycles. The summed E-state index contributed by atoms with van der Waals surface area (Å²) in [4.78, 5) is 4.09. The summed E-state index contributed by atoms with van der Waals surface area (Å²) in [7, 11) is -3.51. The number of ether oxygens (including phenoxy) is 1. The van der Waals surface area contributed by atoms with Gasteiger partial charge in [-0.3, -0.25) is 0 Å². The van der Waals surface area contributed by atoms with E-state index in [9.17, 15) is 8.42 Å². The van der Waals surface area contributed by atoms with E-state index < -0.39 is 10.0 Å². The molecule has 0 amide bonds. The van der Waals surface area contributed by atoms with Crippen molar-refractivity contribution in [3.05, 3.63) is 18.3 Å². The lowest BCUT2D eigenvalue weighted by Crippen LogP contribution is -2.45. The molecule has 1 aromatic heterocycles. The highest BCUT2D eigenvalue weighted by atomic mass is 32.2. The van der Waals surface area contributed by atoms with Crippen LogP contribution in [0.15, 0.2) is 23.2 Å². The van der Waals surface area contributed by atoms with Gasteiger partial charge in [0.1, 0.15) is 10.7 Å². The van der Waals surface area contributed by atoms with E-state index in [1.54, 1.807) is 0 Å². The lowest BCUT2D eigenvalue weighted by molar-refractivity contribution is -0.00278. The zero-order chi connectivity index (χ0) is 13.9. The van der Waals surface area contributed by atoms with E-state index >= 15 is 0 Å². The van der Waals surface area contributed by atoms with Crippen molar-refractivity contribution in [3.8, 4) is 0 Å². The van der Waals surface area contributed by atoms with Crippen LogP contribution in [-0.2, 0) is 14.8 Å². The molecule has 7 nitrogen and oxygen atoms in total. The number of rotatable bonds is 4. The van der Waals surface area contributed by atoms with Gasteiger partial charge < -0.3 is 10.2 Å². The summed E-state index contributed by atoms with van der Waals surface area (Å²) in [6.07, 6.45) is 2.06. The van der Waals surface area contributed by atoms with Crippen molar-refractivity contribution in [2.24, 2.45) is 5.84 Å². The first-order valence-electron chi connectivity index (χ1n) is 6.12. The zero-order valence-electron chi connectivity index (χ0n) is 10.7. The largest absolute Gasteiger partial charge is 0.375 e. The van der Waals surface area contributed by atoms with E-state index in [1.165, 1.54) is 22.6 Å². The Balaban J connectivity index is 2.20. The normalized spacial score (nSPS) is 21.3. The van der Waals surface area contributed by atoms with Crippen LogP contribution in [0, 0.1) is 0 Å². The van der Waals surface area contributed by atoms with Gasteiger partial charge in [-0.1, -0.05) is 6.92 Å². The molecule has 0 saturated carbocycles. The highest BCUT2D eigenvalue weighted by Crippen LogP contribution is 2.19. The molecule has 1 unspecified atom stereocenters. The van der Waals surface area contributed by atoms with Gasteiger partial charge >= 0.3 is 0 Å². The number of nitrogens with zero attached hydrogens (tertiary/aromatic N) is 2. The van der Waals surface area contributed by atoms with Crippen LogP contribution >= 0.6 is 0 Å². The molecule has 19 heavy (non-hydrogen) atoms. The average molecular weight is 286 g/mol. The van der Waals surface area contributed by atoms with Gasteiger partial charge in [-0.2, -0.15) is 4.31 Å². The van der Waals surface area contributed by atoms with E-state index in [0.717, 1.165) is 6.42 Å². The second-order valence-corrected chi connectivity index (χ2v) is 6.23. The SMILES string of the molecule is CCC1CN(S(=O)(=O)c2ccc(NN)nc2)CCO1. The second kappa shape index (κ2) is 5.83. The number of nitrogens with two attached hydrogens (primary N) is 1. The van der Waals surface area contributed by atoms with Crippen LogP contribution in [0.5, 0.6) is 0 Å². The third-order valence-electron chi connectivity index (χ3n) is 3.08. The Labute approximate surface area is 112 Å². The monoisotopic (exact) mass is 286 g/mol. The number of morpholine rings is 1. The van der Waals surface area contributed by atoms with E-state index in [0.29, 0.717) is 25.5 Å². The molecular weight excluding hydrogens is 268 g/mol. The van der Waals surface area contributed by atoms with Crippen molar-refractivity contribution in [1.82, 2.24) is 9.29 Å². The molecule has 2 rings (SSSR count). The first-order chi connectivity index (χ1) is 9.07. The second-order valence-electron chi connectivity index (χ2n) is 4.29.